The van der Waals surface area contributed by atoms with E-state index < -0.39 is 0 Å². The van der Waals surface area contributed by atoms with Gasteiger partial charge in [-0.15, -0.1) is 0 Å². The molecule has 1 aromatic carbocycles. The Bertz CT molecular complexity index is 410. The van der Waals surface area contributed by atoms with E-state index in [4.69, 9.17) is 9.47 Å². The fourth-order valence-corrected chi connectivity index (χ4v) is 3.09. The van der Waals surface area contributed by atoms with Crippen LogP contribution < -0.4 is 0 Å². The largest absolute Gasteiger partial charge is 0.461 e. The maximum Gasteiger partial charge on any atom is 0.311 e. The lowest BCUT2D eigenvalue weighted by molar-refractivity contribution is -0.155. The van der Waals surface area contributed by atoms with E-state index in [1.165, 1.54) is 12.8 Å². The molecule has 0 radical (unpaired) electrons. The minimum atomic E-state index is -0.202. The summed E-state index contributed by atoms with van der Waals surface area (Å²) < 4.78 is 11.0. The molecule has 20 heavy (non-hydrogen) atoms. The third-order valence-electron chi connectivity index (χ3n) is 4.23. The van der Waals surface area contributed by atoms with Gasteiger partial charge in [-0.05, 0) is 31.2 Å². The first-order valence-corrected chi connectivity index (χ1v) is 7.45. The predicted molar refractivity (Wildman–Crippen MR) is 78.2 cm³/mol. The summed E-state index contributed by atoms with van der Waals surface area (Å²) in [4.78, 5) is 12.2. The second-order valence-corrected chi connectivity index (χ2v) is 5.63. The number of hydrogen-bond acceptors (Lipinski definition) is 3. The number of ether oxygens (including phenoxy) is 2. The molecule has 1 saturated carbocycles. The van der Waals surface area contributed by atoms with E-state index in [0.717, 1.165) is 18.4 Å². The zero-order valence-electron chi connectivity index (χ0n) is 12.4. The highest BCUT2D eigenvalue weighted by molar-refractivity contribution is 5.72. The zero-order valence-corrected chi connectivity index (χ0v) is 12.4. The summed E-state index contributed by atoms with van der Waals surface area (Å²) in [6.45, 7) is 2.25. The number of methoxy groups -OCH3 is 1. The highest BCUT2D eigenvalue weighted by Crippen LogP contribution is 2.32. The van der Waals surface area contributed by atoms with Gasteiger partial charge in [0.25, 0.3) is 0 Å². The van der Waals surface area contributed by atoms with Crippen molar-refractivity contribution in [3.8, 4) is 0 Å². The van der Waals surface area contributed by atoms with Crippen molar-refractivity contribution in [2.24, 2.45) is 11.8 Å². The third-order valence-corrected chi connectivity index (χ3v) is 4.23. The standard InChI is InChI=1S/C17H24O3/c1-13(16(19-2)15-10-6-7-11-15)17(18)20-12-14-8-4-3-5-9-14/h3-5,8-9,13,15-16H,6-7,10-12H2,1-2H3/t13-,16-/m1/s1. The third kappa shape index (κ3) is 3.83. The lowest BCUT2D eigenvalue weighted by Gasteiger charge is -2.26. The molecule has 1 aliphatic rings. The first-order chi connectivity index (χ1) is 9.72. The summed E-state index contributed by atoms with van der Waals surface area (Å²) in [5.74, 6) is 0.138. The fourth-order valence-electron chi connectivity index (χ4n) is 3.09. The van der Waals surface area contributed by atoms with Crippen LogP contribution in [0, 0.1) is 11.8 Å². The molecule has 3 heteroatoms. The summed E-state index contributed by atoms with van der Waals surface area (Å²) in [6, 6.07) is 9.77. The van der Waals surface area contributed by atoms with Crippen molar-refractivity contribution in [3.05, 3.63) is 35.9 Å². The average molecular weight is 276 g/mol. The fraction of sp³-hybridized carbons (Fsp3) is 0.588. The smallest absolute Gasteiger partial charge is 0.311 e. The first kappa shape index (κ1) is 15.0. The lowest BCUT2D eigenvalue weighted by Crippen LogP contribution is -2.34. The molecule has 1 aromatic rings. The Labute approximate surface area is 121 Å². The molecule has 2 rings (SSSR count). The molecule has 0 aromatic heterocycles. The number of esters is 1. The minimum absolute atomic E-state index is 0.0132. The monoisotopic (exact) mass is 276 g/mol. The van der Waals surface area contributed by atoms with Crippen LogP contribution in [0.1, 0.15) is 38.2 Å². The van der Waals surface area contributed by atoms with E-state index in [2.05, 4.69) is 0 Å². The van der Waals surface area contributed by atoms with Gasteiger partial charge in [0.15, 0.2) is 0 Å². The summed E-state index contributed by atoms with van der Waals surface area (Å²) in [6.07, 6.45) is 4.80. The minimum Gasteiger partial charge on any atom is -0.461 e. The second-order valence-electron chi connectivity index (χ2n) is 5.63. The molecule has 0 unspecified atom stereocenters. The number of hydrogen-bond donors (Lipinski definition) is 0. The Balaban J connectivity index is 1.86. The van der Waals surface area contributed by atoms with Crippen LogP contribution in [0.25, 0.3) is 0 Å². The molecular weight excluding hydrogens is 252 g/mol. The van der Waals surface area contributed by atoms with E-state index in [1.807, 2.05) is 37.3 Å². The average Bonchev–Trinajstić information content (AvgIpc) is 3.00. The van der Waals surface area contributed by atoms with Gasteiger partial charge in [0.05, 0.1) is 12.0 Å². The lowest BCUT2D eigenvalue weighted by atomic mass is 9.90. The molecule has 0 amide bonds. The number of rotatable bonds is 6. The molecular formula is C17H24O3. The van der Waals surface area contributed by atoms with Crippen LogP contribution in [-0.4, -0.2) is 19.2 Å². The van der Waals surface area contributed by atoms with Crippen molar-refractivity contribution in [1.29, 1.82) is 0 Å². The SMILES string of the molecule is CO[C@@H](C1CCCC1)[C@@H](C)C(=O)OCc1ccccc1. The van der Waals surface area contributed by atoms with Gasteiger partial charge in [-0.3, -0.25) is 4.79 Å². The van der Waals surface area contributed by atoms with Crippen LogP contribution in [0.4, 0.5) is 0 Å². The topological polar surface area (TPSA) is 35.5 Å². The molecule has 3 nitrogen and oxygen atoms in total. The van der Waals surface area contributed by atoms with Gasteiger partial charge in [-0.1, -0.05) is 43.2 Å². The molecule has 1 fully saturated rings. The van der Waals surface area contributed by atoms with Crippen molar-refractivity contribution < 1.29 is 14.3 Å². The Morgan fingerprint density at radius 3 is 2.50 bits per heavy atom. The van der Waals surface area contributed by atoms with Gasteiger partial charge < -0.3 is 9.47 Å². The van der Waals surface area contributed by atoms with Crippen LogP contribution >= 0.6 is 0 Å². The molecule has 0 N–H and O–H groups in total. The van der Waals surface area contributed by atoms with Crippen molar-refractivity contribution >= 4 is 5.97 Å². The number of benzene rings is 1. The van der Waals surface area contributed by atoms with Crippen LogP contribution in [0.2, 0.25) is 0 Å². The highest BCUT2D eigenvalue weighted by atomic mass is 16.5. The Morgan fingerprint density at radius 2 is 1.90 bits per heavy atom. The van der Waals surface area contributed by atoms with Gasteiger partial charge in [0.2, 0.25) is 0 Å². The van der Waals surface area contributed by atoms with Gasteiger partial charge in [0, 0.05) is 7.11 Å². The number of carbonyl (C=O) groups excluding carboxylic acids is 1. The van der Waals surface area contributed by atoms with Gasteiger partial charge in [-0.25, -0.2) is 0 Å². The van der Waals surface area contributed by atoms with E-state index in [-0.39, 0.29) is 18.0 Å². The van der Waals surface area contributed by atoms with Crippen molar-refractivity contribution in [1.82, 2.24) is 0 Å². The summed E-state index contributed by atoms with van der Waals surface area (Å²) in [5, 5.41) is 0. The molecule has 0 heterocycles. The zero-order chi connectivity index (χ0) is 14.4. The highest BCUT2D eigenvalue weighted by Gasteiger charge is 2.33. The Morgan fingerprint density at radius 1 is 1.25 bits per heavy atom. The van der Waals surface area contributed by atoms with Crippen LogP contribution in [-0.2, 0) is 20.9 Å². The molecule has 1 aliphatic carbocycles. The normalized spacial score (nSPS) is 18.7. The first-order valence-electron chi connectivity index (χ1n) is 7.45. The van der Waals surface area contributed by atoms with Crippen LogP contribution in [0.3, 0.4) is 0 Å². The van der Waals surface area contributed by atoms with E-state index >= 15 is 0 Å². The van der Waals surface area contributed by atoms with E-state index in [0.29, 0.717) is 12.5 Å². The molecule has 0 saturated heterocycles. The predicted octanol–water partition coefficient (Wildman–Crippen LogP) is 3.57. The maximum absolute atomic E-state index is 12.2. The number of carbonyl (C=O) groups is 1. The second kappa shape index (κ2) is 7.44. The molecule has 110 valence electrons. The van der Waals surface area contributed by atoms with Crippen LogP contribution in [0.15, 0.2) is 30.3 Å². The molecule has 0 aliphatic heterocycles. The van der Waals surface area contributed by atoms with Crippen LogP contribution in [0.5, 0.6) is 0 Å². The molecule has 2 atom stereocenters. The maximum atomic E-state index is 12.2. The molecule has 0 bridgehead atoms. The van der Waals surface area contributed by atoms with Crippen molar-refractivity contribution in [2.75, 3.05) is 7.11 Å². The van der Waals surface area contributed by atoms with Crippen molar-refractivity contribution in [3.63, 3.8) is 0 Å². The quantitative estimate of drug-likeness (QED) is 0.745. The van der Waals surface area contributed by atoms with E-state index in [9.17, 15) is 4.79 Å². The summed E-state index contributed by atoms with van der Waals surface area (Å²) in [5.41, 5.74) is 1.02. The van der Waals surface area contributed by atoms with E-state index in [1.54, 1.807) is 7.11 Å². The van der Waals surface area contributed by atoms with Gasteiger partial charge in [-0.2, -0.15) is 0 Å². The Kier molecular flexibility index (Phi) is 5.60. The Hall–Kier alpha value is -1.35. The molecule has 0 spiro atoms. The summed E-state index contributed by atoms with van der Waals surface area (Å²) in [7, 11) is 1.70. The van der Waals surface area contributed by atoms with Crippen molar-refractivity contribution in [2.45, 2.75) is 45.3 Å². The summed E-state index contributed by atoms with van der Waals surface area (Å²) >= 11 is 0. The van der Waals surface area contributed by atoms with Gasteiger partial charge in [0.1, 0.15) is 6.61 Å². The van der Waals surface area contributed by atoms with Gasteiger partial charge >= 0.3 is 5.97 Å².